The molecule has 2 atom stereocenters. The van der Waals surface area contributed by atoms with Gasteiger partial charge in [0.05, 0.1) is 19.1 Å². The molecule has 1 rings (SSSR count). The lowest BCUT2D eigenvalue weighted by Gasteiger charge is -2.16. The van der Waals surface area contributed by atoms with Gasteiger partial charge in [-0.1, -0.05) is 0 Å². The van der Waals surface area contributed by atoms with Gasteiger partial charge in [0.15, 0.2) is 0 Å². The predicted octanol–water partition coefficient (Wildman–Crippen LogP) is -0.632. The number of amides is 2. The molecule has 14 heavy (non-hydrogen) atoms. The molecule has 80 valence electrons. The molecule has 0 aromatic rings. The number of carbonyl (C=O) groups excluding carboxylic acids is 2. The normalized spacial score (nSPS) is 24.5. The Hall–Kier alpha value is -0.940. The van der Waals surface area contributed by atoms with Gasteiger partial charge in [0, 0.05) is 20.2 Å². The van der Waals surface area contributed by atoms with E-state index in [1.54, 1.807) is 7.11 Å². The van der Waals surface area contributed by atoms with Crippen LogP contribution in [0.5, 0.6) is 0 Å². The lowest BCUT2D eigenvalue weighted by Crippen LogP contribution is -2.43. The van der Waals surface area contributed by atoms with E-state index in [1.165, 1.54) is 7.05 Å². The Bertz CT molecular complexity index is 242. The van der Waals surface area contributed by atoms with Crippen LogP contribution in [0.4, 0.5) is 0 Å². The van der Waals surface area contributed by atoms with Gasteiger partial charge in [0.25, 0.3) is 0 Å². The van der Waals surface area contributed by atoms with Crippen molar-refractivity contribution in [3.8, 4) is 0 Å². The number of ether oxygens (including phenoxy) is 1. The van der Waals surface area contributed by atoms with E-state index in [-0.39, 0.29) is 30.3 Å². The number of nitrogens with one attached hydrogen (secondary N) is 1. The van der Waals surface area contributed by atoms with E-state index in [9.17, 15) is 9.59 Å². The highest BCUT2D eigenvalue weighted by Crippen LogP contribution is 2.10. The van der Waals surface area contributed by atoms with E-state index in [0.717, 1.165) is 4.90 Å². The van der Waals surface area contributed by atoms with Gasteiger partial charge >= 0.3 is 0 Å². The van der Waals surface area contributed by atoms with Gasteiger partial charge in [-0.05, 0) is 6.92 Å². The predicted molar refractivity (Wildman–Crippen MR) is 50.7 cm³/mol. The van der Waals surface area contributed by atoms with Gasteiger partial charge in [-0.3, -0.25) is 14.5 Å². The molecule has 0 bridgehead atoms. The van der Waals surface area contributed by atoms with E-state index in [1.807, 2.05) is 6.92 Å². The SMILES string of the molecule is COCC(C)NC1CC(=O)N(C)C1=O. The van der Waals surface area contributed by atoms with Crippen molar-refractivity contribution in [2.75, 3.05) is 20.8 Å². The largest absolute Gasteiger partial charge is 0.383 e. The van der Waals surface area contributed by atoms with Crippen molar-refractivity contribution in [2.45, 2.75) is 25.4 Å². The molecule has 0 aromatic heterocycles. The van der Waals surface area contributed by atoms with E-state index in [2.05, 4.69) is 5.32 Å². The van der Waals surface area contributed by atoms with Crippen molar-refractivity contribution in [1.29, 1.82) is 0 Å². The number of likely N-dealkylation sites (N-methyl/N-ethyl adjacent to an activating group) is 1. The second kappa shape index (κ2) is 4.52. The van der Waals surface area contributed by atoms with Gasteiger partial charge in [0.1, 0.15) is 0 Å². The fraction of sp³-hybridized carbons (Fsp3) is 0.778. The fourth-order valence-electron chi connectivity index (χ4n) is 1.53. The maximum absolute atomic E-state index is 11.5. The number of methoxy groups -OCH3 is 1. The molecule has 0 radical (unpaired) electrons. The van der Waals surface area contributed by atoms with Crippen LogP contribution < -0.4 is 5.32 Å². The number of hydrogen-bond donors (Lipinski definition) is 1. The summed E-state index contributed by atoms with van der Waals surface area (Å²) in [4.78, 5) is 23.8. The number of rotatable bonds is 4. The number of likely N-dealkylation sites (tertiary alicyclic amines) is 1. The van der Waals surface area contributed by atoms with Crippen LogP contribution in [0, 0.1) is 0 Å². The van der Waals surface area contributed by atoms with Gasteiger partial charge < -0.3 is 10.1 Å². The zero-order chi connectivity index (χ0) is 10.7. The summed E-state index contributed by atoms with van der Waals surface area (Å²) in [7, 11) is 3.11. The second-order valence-corrected chi connectivity index (χ2v) is 3.57. The molecule has 5 nitrogen and oxygen atoms in total. The number of imide groups is 1. The molecule has 5 heteroatoms. The summed E-state index contributed by atoms with van der Waals surface area (Å²) in [5, 5.41) is 3.05. The first-order valence-electron chi connectivity index (χ1n) is 4.61. The molecule has 0 aliphatic carbocycles. The maximum atomic E-state index is 11.5. The molecule has 2 amide bonds. The van der Waals surface area contributed by atoms with E-state index in [0.29, 0.717) is 6.61 Å². The van der Waals surface area contributed by atoms with Crippen molar-refractivity contribution in [3.05, 3.63) is 0 Å². The van der Waals surface area contributed by atoms with Crippen molar-refractivity contribution in [1.82, 2.24) is 10.2 Å². The van der Waals surface area contributed by atoms with E-state index in [4.69, 9.17) is 4.74 Å². The molecule has 1 aliphatic heterocycles. The average molecular weight is 200 g/mol. The monoisotopic (exact) mass is 200 g/mol. The number of hydrogen-bond acceptors (Lipinski definition) is 4. The summed E-state index contributed by atoms with van der Waals surface area (Å²) < 4.78 is 4.93. The highest BCUT2D eigenvalue weighted by Gasteiger charge is 2.36. The molecule has 0 saturated carbocycles. The Morgan fingerprint density at radius 1 is 1.64 bits per heavy atom. The second-order valence-electron chi connectivity index (χ2n) is 3.57. The van der Waals surface area contributed by atoms with Crippen LogP contribution >= 0.6 is 0 Å². The Kier molecular flexibility index (Phi) is 3.60. The van der Waals surface area contributed by atoms with Crippen molar-refractivity contribution in [2.24, 2.45) is 0 Å². The van der Waals surface area contributed by atoms with Crippen molar-refractivity contribution in [3.63, 3.8) is 0 Å². The van der Waals surface area contributed by atoms with Crippen molar-refractivity contribution < 1.29 is 14.3 Å². The lowest BCUT2D eigenvalue weighted by atomic mass is 10.2. The molecular formula is C9H16N2O3. The first kappa shape index (κ1) is 11.1. The van der Waals surface area contributed by atoms with E-state index >= 15 is 0 Å². The first-order valence-corrected chi connectivity index (χ1v) is 4.61. The summed E-state index contributed by atoms with van der Waals surface area (Å²) in [6.07, 6.45) is 0.253. The molecule has 0 aromatic carbocycles. The first-order chi connectivity index (χ1) is 6.56. The smallest absolute Gasteiger partial charge is 0.246 e. The minimum atomic E-state index is -0.377. The summed E-state index contributed by atoms with van der Waals surface area (Å²) in [5.74, 6) is -0.282. The quantitative estimate of drug-likeness (QED) is 0.614. The van der Waals surface area contributed by atoms with Crippen LogP contribution in [-0.4, -0.2) is 49.6 Å². The molecule has 1 aliphatic rings. The van der Waals surface area contributed by atoms with Gasteiger partial charge in [-0.2, -0.15) is 0 Å². The topological polar surface area (TPSA) is 58.6 Å². The molecule has 0 spiro atoms. The van der Waals surface area contributed by atoms with Crippen molar-refractivity contribution >= 4 is 11.8 Å². The van der Waals surface area contributed by atoms with Crippen LogP contribution in [0.15, 0.2) is 0 Å². The summed E-state index contributed by atoms with van der Waals surface area (Å²) in [6.45, 7) is 2.45. The third-order valence-corrected chi connectivity index (χ3v) is 2.28. The Balaban J connectivity index is 2.47. The molecule has 1 N–H and O–H groups in total. The molecule has 1 fully saturated rings. The average Bonchev–Trinajstić information content (AvgIpc) is 2.34. The molecule has 1 heterocycles. The molecular weight excluding hydrogens is 184 g/mol. The zero-order valence-electron chi connectivity index (χ0n) is 8.74. The molecule has 2 unspecified atom stereocenters. The van der Waals surface area contributed by atoms with Crippen LogP contribution in [0.2, 0.25) is 0 Å². The van der Waals surface area contributed by atoms with Gasteiger partial charge in [0.2, 0.25) is 11.8 Å². The number of nitrogens with zero attached hydrogens (tertiary/aromatic N) is 1. The Labute approximate surface area is 83.4 Å². The van der Waals surface area contributed by atoms with E-state index < -0.39 is 0 Å². The summed E-state index contributed by atoms with van der Waals surface area (Å²) >= 11 is 0. The molecule has 1 saturated heterocycles. The minimum Gasteiger partial charge on any atom is -0.383 e. The standard InChI is InChI=1S/C9H16N2O3/c1-6(5-14-3)10-7-4-8(12)11(2)9(7)13/h6-7,10H,4-5H2,1-3H3. The Morgan fingerprint density at radius 2 is 2.29 bits per heavy atom. The van der Waals surface area contributed by atoms with Crippen LogP contribution in [0.25, 0.3) is 0 Å². The minimum absolute atomic E-state index is 0.0771. The van der Waals surface area contributed by atoms with Crippen LogP contribution in [0.3, 0.4) is 0 Å². The van der Waals surface area contributed by atoms with Gasteiger partial charge in [-0.15, -0.1) is 0 Å². The highest BCUT2D eigenvalue weighted by atomic mass is 16.5. The maximum Gasteiger partial charge on any atom is 0.246 e. The third kappa shape index (κ3) is 2.30. The van der Waals surface area contributed by atoms with Crippen LogP contribution in [-0.2, 0) is 14.3 Å². The summed E-state index contributed by atoms with van der Waals surface area (Å²) in [5.41, 5.74) is 0. The summed E-state index contributed by atoms with van der Waals surface area (Å²) in [6, 6.07) is -0.300. The third-order valence-electron chi connectivity index (χ3n) is 2.28. The zero-order valence-corrected chi connectivity index (χ0v) is 8.74. The number of carbonyl (C=O) groups is 2. The highest BCUT2D eigenvalue weighted by molar-refractivity contribution is 6.05. The van der Waals surface area contributed by atoms with Crippen LogP contribution in [0.1, 0.15) is 13.3 Å². The van der Waals surface area contributed by atoms with Gasteiger partial charge in [-0.25, -0.2) is 0 Å². The Morgan fingerprint density at radius 3 is 2.71 bits per heavy atom. The lowest BCUT2D eigenvalue weighted by molar-refractivity contribution is -0.137. The fourth-order valence-corrected chi connectivity index (χ4v) is 1.53.